The standard InChI is InChI=1S/C18H17N3O/c22-18(14-21-13-12-20-15-21,17-7-10-19-11-8-17)9-6-16-4-2-1-3-5-16/h1-13,15,22H,14H2. The van der Waals surface area contributed by atoms with E-state index in [2.05, 4.69) is 9.97 Å². The monoisotopic (exact) mass is 291 g/mol. The van der Waals surface area contributed by atoms with E-state index < -0.39 is 5.60 Å². The molecule has 4 nitrogen and oxygen atoms in total. The Labute approximate surface area is 129 Å². The van der Waals surface area contributed by atoms with Gasteiger partial charge in [-0.2, -0.15) is 0 Å². The van der Waals surface area contributed by atoms with Crippen molar-refractivity contribution in [2.45, 2.75) is 12.1 Å². The van der Waals surface area contributed by atoms with E-state index in [1.165, 1.54) is 0 Å². The van der Waals surface area contributed by atoms with Gasteiger partial charge in [0.1, 0.15) is 5.60 Å². The average molecular weight is 291 g/mol. The van der Waals surface area contributed by atoms with E-state index in [-0.39, 0.29) is 0 Å². The summed E-state index contributed by atoms with van der Waals surface area (Å²) in [5.74, 6) is 0. The van der Waals surface area contributed by atoms with Gasteiger partial charge in [0.25, 0.3) is 0 Å². The number of hydrogen-bond acceptors (Lipinski definition) is 3. The lowest BCUT2D eigenvalue weighted by atomic mass is 9.93. The number of aromatic nitrogens is 3. The Kier molecular flexibility index (Phi) is 4.12. The maximum Gasteiger partial charge on any atom is 0.126 e. The fraction of sp³-hybridized carbons (Fsp3) is 0.111. The first-order chi connectivity index (χ1) is 10.8. The highest BCUT2D eigenvalue weighted by Crippen LogP contribution is 2.25. The minimum atomic E-state index is -1.13. The van der Waals surface area contributed by atoms with Crippen molar-refractivity contribution in [3.8, 4) is 0 Å². The molecule has 2 heterocycles. The molecule has 0 aliphatic rings. The molecular weight excluding hydrogens is 274 g/mol. The number of hydrogen-bond donors (Lipinski definition) is 1. The molecular formula is C18H17N3O. The van der Waals surface area contributed by atoms with E-state index in [0.29, 0.717) is 6.54 Å². The van der Waals surface area contributed by atoms with Gasteiger partial charge in [-0.3, -0.25) is 4.98 Å². The summed E-state index contributed by atoms with van der Waals surface area (Å²) in [6, 6.07) is 13.6. The molecule has 4 heteroatoms. The SMILES string of the molecule is OC(C=Cc1ccccc1)(Cn1ccnc1)c1ccncc1. The maximum atomic E-state index is 11.2. The Hall–Kier alpha value is -2.72. The normalized spacial score (nSPS) is 14.0. The van der Waals surface area contributed by atoms with Crippen molar-refractivity contribution in [3.05, 3.63) is 90.8 Å². The van der Waals surface area contributed by atoms with Crippen LogP contribution in [-0.4, -0.2) is 19.6 Å². The molecule has 1 unspecified atom stereocenters. The largest absolute Gasteiger partial charge is 0.379 e. The number of pyridine rings is 1. The minimum Gasteiger partial charge on any atom is -0.379 e. The summed E-state index contributed by atoms with van der Waals surface area (Å²) in [6.07, 6.45) is 12.4. The Morgan fingerprint density at radius 1 is 1.00 bits per heavy atom. The third-order valence-corrected chi connectivity index (χ3v) is 3.51. The number of rotatable bonds is 5. The highest BCUT2D eigenvalue weighted by atomic mass is 16.3. The van der Waals surface area contributed by atoms with Crippen molar-refractivity contribution in [1.82, 2.24) is 14.5 Å². The van der Waals surface area contributed by atoms with Gasteiger partial charge in [-0.05, 0) is 29.3 Å². The topological polar surface area (TPSA) is 50.9 Å². The second-order valence-corrected chi connectivity index (χ2v) is 5.14. The lowest BCUT2D eigenvalue weighted by molar-refractivity contribution is 0.0703. The van der Waals surface area contributed by atoms with Crippen LogP contribution in [0.25, 0.3) is 6.08 Å². The molecule has 110 valence electrons. The summed E-state index contributed by atoms with van der Waals surface area (Å²) < 4.78 is 1.86. The number of nitrogens with zero attached hydrogens (tertiary/aromatic N) is 3. The van der Waals surface area contributed by atoms with Crippen molar-refractivity contribution >= 4 is 6.08 Å². The molecule has 1 N–H and O–H groups in total. The first kappa shape index (κ1) is 14.2. The Morgan fingerprint density at radius 3 is 2.45 bits per heavy atom. The molecule has 22 heavy (non-hydrogen) atoms. The lowest BCUT2D eigenvalue weighted by Crippen LogP contribution is -2.28. The van der Waals surface area contributed by atoms with Crippen molar-refractivity contribution in [1.29, 1.82) is 0 Å². The Morgan fingerprint density at radius 2 is 1.77 bits per heavy atom. The second-order valence-electron chi connectivity index (χ2n) is 5.14. The predicted molar refractivity (Wildman–Crippen MR) is 85.8 cm³/mol. The smallest absolute Gasteiger partial charge is 0.126 e. The maximum absolute atomic E-state index is 11.2. The highest BCUT2D eigenvalue weighted by molar-refractivity contribution is 5.51. The van der Waals surface area contributed by atoms with Crippen LogP contribution in [0.15, 0.2) is 79.7 Å². The van der Waals surface area contributed by atoms with Gasteiger partial charge in [0.05, 0.1) is 12.9 Å². The lowest BCUT2D eigenvalue weighted by Gasteiger charge is -2.25. The van der Waals surface area contributed by atoms with E-state index in [1.807, 2.05) is 65.4 Å². The molecule has 0 aliphatic heterocycles. The van der Waals surface area contributed by atoms with Gasteiger partial charge in [-0.15, -0.1) is 0 Å². The first-order valence-electron chi connectivity index (χ1n) is 7.09. The van der Waals surface area contributed by atoms with Crippen LogP contribution in [0.5, 0.6) is 0 Å². The van der Waals surface area contributed by atoms with Crippen LogP contribution in [-0.2, 0) is 12.1 Å². The summed E-state index contributed by atoms with van der Waals surface area (Å²) in [6.45, 7) is 0.389. The third kappa shape index (κ3) is 3.30. The number of benzene rings is 1. The summed E-state index contributed by atoms with van der Waals surface area (Å²) in [5, 5.41) is 11.2. The fourth-order valence-electron chi connectivity index (χ4n) is 2.34. The van der Waals surface area contributed by atoms with Crippen LogP contribution >= 0.6 is 0 Å². The zero-order valence-corrected chi connectivity index (χ0v) is 12.1. The molecule has 0 aliphatic carbocycles. The molecule has 0 bridgehead atoms. The van der Waals surface area contributed by atoms with E-state index in [4.69, 9.17) is 0 Å². The van der Waals surface area contributed by atoms with Crippen LogP contribution in [0.2, 0.25) is 0 Å². The summed E-state index contributed by atoms with van der Waals surface area (Å²) >= 11 is 0. The van der Waals surface area contributed by atoms with Crippen molar-refractivity contribution in [2.24, 2.45) is 0 Å². The predicted octanol–water partition coefficient (Wildman–Crippen LogP) is 2.88. The highest BCUT2D eigenvalue weighted by Gasteiger charge is 2.26. The third-order valence-electron chi connectivity index (χ3n) is 3.51. The quantitative estimate of drug-likeness (QED) is 0.786. The molecule has 3 aromatic rings. The zero-order chi connectivity index (χ0) is 15.3. The fourth-order valence-corrected chi connectivity index (χ4v) is 2.34. The van der Waals surface area contributed by atoms with Crippen molar-refractivity contribution in [3.63, 3.8) is 0 Å². The van der Waals surface area contributed by atoms with E-state index in [9.17, 15) is 5.11 Å². The molecule has 3 rings (SSSR count). The van der Waals surface area contributed by atoms with Gasteiger partial charge >= 0.3 is 0 Å². The van der Waals surface area contributed by atoms with Crippen LogP contribution in [0.3, 0.4) is 0 Å². The summed E-state index contributed by atoms with van der Waals surface area (Å²) in [4.78, 5) is 8.05. The van der Waals surface area contributed by atoms with Crippen LogP contribution in [0.1, 0.15) is 11.1 Å². The van der Waals surface area contributed by atoms with Gasteiger partial charge in [0, 0.05) is 24.8 Å². The molecule has 1 aromatic carbocycles. The summed E-state index contributed by atoms with van der Waals surface area (Å²) in [5.41, 5.74) is 0.712. The van der Waals surface area contributed by atoms with E-state index >= 15 is 0 Å². The molecule has 2 aromatic heterocycles. The number of imidazole rings is 1. The van der Waals surface area contributed by atoms with Gasteiger partial charge in [0.15, 0.2) is 0 Å². The molecule has 0 spiro atoms. The summed E-state index contributed by atoms with van der Waals surface area (Å²) in [7, 11) is 0. The minimum absolute atomic E-state index is 0.389. The molecule has 0 amide bonds. The molecule has 1 atom stereocenters. The zero-order valence-electron chi connectivity index (χ0n) is 12.1. The molecule has 0 saturated heterocycles. The molecule has 0 fully saturated rings. The van der Waals surface area contributed by atoms with E-state index in [0.717, 1.165) is 11.1 Å². The van der Waals surface area contributed by atoms with Crippen LogP contribution in [0, 0.1) is 0 Å². The average Bonchev–Trinajstić information content (AvgIpc) is 3.08. The molecule has 0 radical (unpaired) electrons. The molecule has 0 saturated carbocycles. The van der Waals surface area contributed by atoms with Gasteiger partial charge in [-0.25, -0.2) is 4.98 Å². The van der Waals surface area contributed by atoms with Gasteiger partial charge in [0.2, 0.25) is 0 Å². The van der Waals surface area contributed by atoms with Crippen molar-refractivity contribution < 1.29 is 5.11 Å². The van der Waals surface area contributed by atoms with Crippen LogP contribution in [0.4, 0.5) is 0 Å². The van der Waals surface area contributed by atoms with Crippen LogP contribution < -0.4 is 0 Å². The Bertz CT molecular complexity index is 724. The van der Waals surface area contributed by atoms with Gasteiger partial charge < -0.3 is 9.67 Å². The Balaban J connectivity index is 1.94. The van der Waals surface area contributed by atoms with Gasteiger partial charge in [-0.1, -0.05) is 36.4 Å². The number of aliphatic hydroxyl groups is 1. The second kappa shape index (κ2) is 6.37. The van der Waals surface area contributed by atoms with Crippen molar-refractivity contribution in [2.75, 3.05) is 0 Å². The first-order valence-corrected chi connectivity index (χ1v) is 7.09. The van der Waals surface area contributed by atoms with E-state index in [1.54, 1.807) is 24.9 Å².